The summed E-state index contributed by atoms with van der Waals surface area (Å²) in [6.45, 7) is 0.291. The Balaban J connectivity index is 1.57. The van der Waals surface area contributed by atoms with Crippen LogP contribution >= 0.6 is 15.9 Å². The fraction of sp³-hybridized carbons (Fsp3) is 0.222. The van der Waals surface area contributed by atoms with Crippen molar-refractivity contribution in [3.8, 4) is 0 Å². The molecule has 1 saturated heterocycles. The Labute approximate surface area is 157 Å². The van der Waals surface area contributed by atoms with Crippen LogP contribution in [0.1, 0.15) is 12.0 Å². The van der Waals surface area contributed by atoms with Crippen LogP contribution in [0.5, 0.6) is 0 Å². The predicted molar refractivity (Wildman–Crippen MR) is 97.5 cm³/mol. The Morgan fingerprint density at radius 2 is 1.85 bits per heavy atom. The lowest BCUT2D eigenvalue weighted by Crippen LogP contribution is -2.26. The molecule has 0 N–H and O–H groups in total. The van der Waals surface area contributed by atoms with Crippen molar-refractivity contribution in [2.45, 2.75) is 13.0 Å². The molecule has 0 saturated carbocycles. The zero-order valence-electron chi connectivity index (χ0n) is 13.6. The standard InChI is InChI=1S/C18H15BrN2O5/c19-14-3-7-15(8-4-14)20-10-13(9-17(20)22)18(23)26-11-12-1-5-16(6-2-12)21(24)25/h1-8,13H,9-11H2. The molecule has 1 aliphatic heterocycles. The maximum Gasteiger partial charge on any atom is 0.311 e. The molecule has 0 bridgehead atoms. The number of hydrogen-bond acceptors (Lipinski definition) is 5. The van der Waals surface area contributed by atoms with Crippen LogP contribution in [0.15, 0.2) is 53.0 Å². The van der Waals surface area contributed by atoms with Crippen molar-refractivity contribution in [2.75, 3.05) is 11.4 Å². The highest BCUT2D eigenvalue weighted by Gasteiger charge is 2.36. The van der Waals surface area contributed by atoms with Crippen molar-refractivity contribution in [2.24, 2.45) is 5.92 Å². The molecule has 1 atom stereocenters. The Morgan fingerprint density at radius 1 is 1.19 bits per heavy atom. The molecular weight excluding hydrogens is 404 g/mol. The van der Waals surface area contributed by atoms with Gasteiger partial charge in [-0.25, -0.2) is 0 Å². The fourth-order valence-electron chi connectivity index (χ4n) is 2.72. The van der Waals surface area contributed by atoms with E-state index < -0.39 is 16.8 Å². The quantitative estimate of drug-likeness (QED) is 0.421. The minimum atomic E-state index is -0.524. The van der Waals surface area contributed by atoms with Gasteiger partial charge in [-0.2, -0.15) is 0 Å². The molecule has 8 heteroatoms. The number of rotatable bonds is 5. The summed E-state index contributed by atoms with van der Waals surface area (Å²) in [5.41, 5.74) is 1.37. The molecule has 7 nitrogen and oxygen atoms in total. The Kier molecular flexibility index (Phi) is 5.32. The van der Waals surface area contributed by atoms with Gasteiger partial charge in [0, 0.05) is 35.3 Å². The van der Waals surface area contributed by atoms with E-state index in [1.807, 2.05) is 24.3 Å². The van der Waals surface area contributed by atoms with Gasteiger partial charge in [0.2, 0.25) is 5.91 Å². The van der Waals surface area contributed by atoms with Gasteiger partial charge in [-0.1, -0.05) is 15.9 Å². The lowest BCUT2D eigenvalue weighted by Gasteiger charge is -2.16. The maximum absolute atomic E-state index is 12.3. The number of hydrogen-bond donors (Lipinski definition) is 0. The topological polar surface area (TPSA) is 89.7 Å². The normalized spacial score (nSPS) is 16.6. The molecule has 1 aliphatic rings. The lowest BCUT2D eigenvalue weighted by molar-refractivity contribution is -0.384. The van der Waals surface area contributed by atoms with Crippen LogP contribution in [-0.2, 0) is 20.9 Å². The molecule has 0 spiro atoms. The molecule has 1 fully saturated rings. The average Bonchev–Trinajstić information content (AvgIpc) is 3.02. The summed E-state index contributed by atoms with van der Waals surface area (Å²) in [5, 5.41) is 10.6. The van der Waals surface area contributed by atoms with E-state index in [0.29, 0.717) is 5.56 Å². The summed E-state index contributed by atoms with van der Waals surface area (Å²) >= 11 is 3.34. The van der Waals surface area contributed by atoms with Crippen LogP contribution in [0.3, 0.4) is 0 Å². The largest absolute Gasteiger partial charge is 0.461 e. The first-order valence-electron chi connectivity index (χ1n) is 7.90. The van der Waals surface area contributed by atoms with E-state index in [0.717, 1.165) is 10.2 Å². The summed E-state index contributed by atoms with van der Waals surface area (Å²) in [6, 6.07) is 13.1. The second kappa shape index (κ2) is 7.65. The van der Waals surface area contributed by atoms with Gasteiger partial charge in [0.25, 0.3) is 5.69 Å². The molecule has 1 unspecified atom stereocenters. The summed E-state index contributed by atoms with van der Waals surface area (Å²) in [5.74, 6) is -1.09. The third-order valence-corrected chi connectivity index (χ3v) is 4.65. The molecule has 134 valence electrons. The minimum absolute atomic E-state index is 0.0137. The van der Waals surface area contributed by atoms with E-state index in [1.165, 1.54) is 12.1 Å². The Hall–Kier alpha value is -2.74. The van der Waals surface area contributed by atoms with Crippen LogP contribution < -0.4 is 4.90 Å². The number of nitrogens with zero attached hydrogens (tertiary/aromatic N) is 2. The van der Waals surface area contributed by atoms with Crippen molar-refractivity contribution in [1.29, 1.82) is 0 Å². The zero-order chi connectivity index (χ0) is 18.7. The molecule has 2 aromatic rings. The van der Waals surface area contributed by atoms with Crippen LogP contribution in [0, 0.1) is 16.0 Å². The fourth-order valence-corrected chi connectivity index (χ4v) is 2.99. The molecule has 3 rings (SSSR count). The van der Waals surface area contributed by atoms with Crippen LogP contribution in [0.4, 0.5) is 11.4 Å². The molecule has 1 heterocycles. The summed E-state index contributed by atoms with van der Waals surface area (Å²) in [4.78, 5) is 36.2. The number of non-ortho nitro benzene ring substituents is 1. The van der Waals surface area contributed by atoms with Gasteiger partial charge in [-0.05, 0) is 42.0 Å². The van der Waals surface area contributed by atoms with Gasteiger partial charge in [0.1, 0.15) is 6.61 Å². The first-order chi connectivity index (χ1) is 12.4. The Bertz CT molecular complexity index is 836. The molecular formula is C18H15BrN2O5. The van der Waals surface area contributed by atoms with E-state index in [-0.39, 0.29) is 31.2 Å². The van der Waals surface area contributed by atoms with Gasteiger partial charge >= 0.3 is 5.97 Å². The van der Waals surface area contributed by atoms with Crippen molar-refractivity contribution in [3.05, 3.63) is 68.7 Å². The van der Waals surface area contributed by atoms with E-state index in [9.17, 15) is 19.7 Å². The van der Waals surface area contributed by atoms with Crippen LogP contribution in [-0.4, -0.2) is 23.3 Å². The first-order valence-corrected chi connectivity index (χ1v) is 8.69. The molecule has 0 aliphatic carbocycles. The summed E-state index contributed by atoms with van der Waals surface area (Å²) in [7, 11) is 0. The smallest absolute Gasteiger partial charge is 0.311 e. The van der Waals surface area contributed by atoms with Crippen LogP contribution in [0.25, 0.3) is 0 Å². The number of nitro groups is 1. The molecule has 0 aromatic heterocycles. The Morgan fingerprint density at radius 3 is 2.46 bits per heavy atom. The van der Waals surface area contributed by atoms with Gasteiger partial charge in [0.05, 0.1) is 10.8 Å². The van der Waals surface area contributed by atoms with E-state index >= 15 is 0 Å². The second-order valence-electron chi connectivity index (χ2n) is 5.91. The zero-order valence-corrected chi connectivity index (χ0v) is 15.2. The monoisotopic (exact) mass is 418 g/mol. The number of nitro benzene ring substituents is 1. The predicted octanol–water partition coefficient (Wildman–Crippen LogP) is 3.45. The first kappa shape index (κ1) is 18.1. The van der Waals surface area contributed by atoms with Crippen molar-refractivity contribution < 1.29 is 19.2 Å². The number of esters is 1. The van der Waals surface area contributed by atoms with Gasteiger partial charge < -0.3 is 9.64 Å². The third-order valence-electron chi connectivity index (χ3n) is 4.12. The second-order valence-corrected chi connectivity index (χ2v) is 6.83. The number of benzene rings is 2. The summed E-state index contributed by atoms with van der Waals surface area (Å²) in [6.07, 6.45) is 0.106. The van der Waals surface area contributed by atoms with Crippen molar-refractivity contribution in [3.63, 3.8) is 0 Å². The van der Waals surface area contributed by atoms with Gasteiger partial charge in [0.15, 0.2) is 0 Å². The highest BCUT2D eigenvalue weighted by Crippen LogP contribution is 2.27. The molecule has 2 aromatic carbocycles. The summed E-state index contributed by atoms with van der Waals surface area (Å²) < 4.78 is 6.18. The number of anilines is 1. The van der Waals surface area contributed by atoms with Crippen LogP contribution in [0.2, 0.25) is 0 Å². The van der Waals surface area contributed by atoms with Crippen molar-refractivity contribution >= 4 is 39.2 Å². The van der Waals surface area contributed by atoms with Gasteiger partial charge in [-0.3, -0.25) is 19.7 Å². The van der Waals surface area contributed by atoms with E-state index in [4.69, 9.17) is 4.74 Å². The molecule has 1 amide bonds. The van der Waals surface area contributed by atoms with Crippen molar-refractivity contribution in [1.82, 2.24) is 0 Å². The maximum atomic E-state index is 12.3. The minimum Gasteiger partial charge on any atom is -0.461 e. The SMILES string of the molecule is O=C(OCc1ccc([N+](=O)[O-])cc1)C1CC(=O)N(c2ccc(Br)cc2)C1. The van der Waals surface area contributed by atoms with E-state index in [1.54, 1.807) is 17.0 Å². The highest BCUT2D eigenvalue weighted by molar-refractivity contribution is 9.10. The molecule has 26 heavy (non-hydrogen) atoms. The van der Waals surface area contributed by atoms with Gasteiger partial charge in [-0.15, -0.1) is 0 Å². The number of carbonyl (C=O) groups is 2. The highest BCUT2D eigenvalue weighted by atomic mass is 79.9. The average molecular weight is 419 g/mol. The lowest BCUT2D eigenvalue weighted by atomic mass is 10.1. The number of ether oxygens (including phenoxy) is 1. The number of carbonyl (C=O) groups excluding carboxylic acids is 2. The third kappa shape index (κ3) is 4.08. The molecule has 0 radical (unpaired) electrons. The van der Waals surface area contributed by atoms with E-state index in [2.05, 4.69) is 15.9 Å². The number of halogens is 1. The number of amides is 1.